The van der Waals surface area contributed by atoms with Crippen molar-refractivity contribution in [1.29, 1.82) is 0 Å². The maximum absolute atomic E-state index is 4.77. The number of hydrogen-bond acceptors (Lipinski definition) is 3. The molecule has 25 heavy (non-hydrogen) atoms. The Morgan fingerprint density at radius 1 is 0.800 bits per heavy atom. The van der Waals surface area contributed by atoms with E-state index in [9.17, 15) is 0 Å². The Morgan fingerprint density at radius 3 is 2.24 bits per heavy atom. The number of pyridine rings is 1. The van der Waals surface area contributed by atoms with Gasteiger partial charge in [-0.15, -0.1) is 0 Å². The van der Waals surface area contributed by atoms with Crippen LogP contribution >= 0.6 is 0 Å². The number of para-hydroxylation sites is 1. The first-order chi connectivity index (χ1) is 12.4. The maximum atomic E-state index is 4.77. The highest BCUT2D eigenvalue weighted by atomic mass is 15.3. The summed E-state index contributed by atoms with van der Waals surface area (Å²) >= 11 is 0. The Morgan fingerprint density at radius 2 is 1.52 bits per heavy atom. The summed E-state index contributed by atoms with van der Waals surface area (Å²) in [4.78, 5) is 8.72. The van der Waals surface area contributed by atoms with E-state index in [1.54, 1.807) is 6.20 Å². The van der Waals surface area contributed by atoms with Crippen molar-refractivity contribution in [3.05, 3.63) is 96.8 Å². The minimum atomic E-state index is 0.675. The molecule has 0 bridgehead atoms. The van der Waals surface area contributed by atoms with Gasteiger partial charge in [-0.3, -0.25) is 0 Å². The van der Waals surface area contributed by atoms with E-state index in [1.807, 2.05) is 83.8 Å². The lowest BCUT2D eigenvalue weighted by Gasteiger charge is -2.00. The quantitative estimate of drug-likeness (QED) is 0.511. The van der Waals surface area contributed by atoms with Gasteiger partial charge >= 0.3 is 0 Å². The van der Waals surface area contributed by atoms with Gasteiger partial charge in [-0.25, -0.2) is 14.7 Å². The highest BCUT2D eigenvalue weighted by Crippen LogP contribution is 2.23. The van der Waals surface area contributed by atoms with E-state index in [-0.39, 0.29) is 0 Å². The zero-order valence-corrected chi connectivity index (χ0v) is 13.5. The van der Waals surface area contributed by atoms with Crippen molar-refractivity contribution < 1.29 is 0 Å². The van der Waals surface area contributed by atoms with Gasteiger partial charge in [-0.05, 0) is 24.3 Å². The van der Waals surface area contributed by atoms with Gasteiger partial charge in [0, 0.05) is 29.7 Å². The number of aliphatic imine (C=N–C) groups is 1. The van der Waals surface area contributed by atoms with Gasteiger partial charge in [-0.1, -0.05) is 54.6 Å². The molecule has 4 rings (SSSR count). The molecule has 0 saturated heterocycles. The molecule has 0 spiro atoms. The predicted octanol–water partition coefficient (Wildman–Crippen LogP) is 4.68. The molecule has 0 radical (unpaired) electrons. The van der Waals surface area contributed by atoms with Crippen LogP contribution in [0.4, 0.5) is 5.82 Å². The van der Waals surface area contributed by atoms with E-state index in [1.165, 1.54) is 0 Å². The van der Waals surface area contributed by atoms with E-state index in [0.717, 1.165) is 22.5 Å². The average molecular weight is 324 g/mol. The summed E-state index contributed by atoms with van der Waals surface area (Å²) in [5.74, 6) is 0.675. The third-order valence-electron chi connectivity index (χ3n) is 3.80. The Balaban J connectivity index is 1.78. The van der Waals surface area contributed by atoms with Crippen molar-refractivity contribution >= 4 is 12.0 Å². The van der Waals surface area contributed by atoms with Crippen LogP contribution in [-0.4, -0.2) is 21.0 Å². The second-order valence-corrected chi connectivity index (χ2v) is 5.53. The van der Waals surface area contributed by atoms with Crippen molar-refractivity contribution in [3.63, 3.8) is 0 Å². The molecule has 2 aromatic carbocycles. The number of aromatic nitrogens is 3. The van der Waals surface area contributed by atoms with E-state index in [0.29, 0.717) is 5.82 Å². The topological polar surface area (TPSA) is 43.1 Å². The molecule has 0 amide bonds. The van der Waals surface area contributed by atoms with Crippen LogP contribution in [0.2, 0.25) is 0 Å². The number of benzene rings is 2. The molecule has 4 heteroatoms. The predicted molar refractivity (Wildman–Crippen MR) is 100 cm³/mol. The van der Waals surface area contributed by atoms with Crippen molar-refractivity contribution in [3.8, 4) is 16.9 Å². The largest absolute Gasteiger partial charge is 0.240 e. The maximum Gasteiger partial charge on any atom is 0.151 e. The first-order valence-corrected chi connectivity index (χ1v) is 8.06. The second kappa shape index (κ2) is 6.93. The number of nitrogens with zero attached hydrogens (tertiary/aromatic N) is 4. The summed E-state index contributed by atoms with van der Waals surface area (Å²) in [7, 11) is 0. The molecule has 4 aromatic rings. The van der Waals surface area contributed by atoms with E-state index < -0.39 is 0 Å². The lowest BCUT2D eigenvalue weighted by Crippen LogP contribution is -1.93. The van der Waals surface area contributed by atoms with E-state index >= 15 is 0 Å². The SMILES string of the molecule is C(=Nc1ccccn1)c1cn(-c2ccccc2)nc1-c1ccccc1. The Labute approximate surface area is 146 Å². The normalized spacial score (nSPS) is 11.0. The summed E-state index contributed by atoms with van der Waals surface area (Å²) in [6, 6.07) is 25.9. The van der Waals surface area contributed by atoms with Crippen molar-refractivity contribution in [1.82, 2.24) is 14.8 Å². The molecule has 120 valence electrons. The Kier molecular flexibility index (Phi) is 4.16. The molecule has 0 aliphatic rings. The molecule has 0 saturated carbocycles. The van der Waals surface area contributed by atoms with Crippen molar-refractivity contribution in [2.24, 2.45) is 4.99 Å². The lowest BCUT2D eigenvalue weighted by atomic mass is 10.1. The zero-order valence-electron chi connectivity index (χ0n) is 13.5. The van der Waals surface area contributed by atoms with Gasteiger partial charge in [0.05, 0.1) is 5.69 Å². The van der Waals surface area contributed by atoms with Crippen LogP contribution < -0.4 is 0 Å². The summed E-state index contributed by atoms with van der Waals surface area (Å²) in [6.45, 7) is 0. The Bertz CT molecular complexity index is 974. The van der Waals surface area contributed by atoms with Crippen molar-refractivity contribution in [2.45, 2.75) is 0 Å². The van der Waals surface area contributed by atoms with Crippen LogP contribution in [0.15, 0.2) is 96.2 Å². The molecular formula is C21H16N4. The van der Waals surface area contributed by atoms with Crippen LogP contribution in [0.3, 0.4) is 0 Å². The third kappa shape index (κ3) is 3.38. The van der Waals surface area contributed by atoms with Crippen LogP contribution in [0.5, 0.6) is 0 Å². The van der Waals surface area contributed by atoms with Crippen LogP contribution in [0, 0.1) is 0 Å². The molecule has 0 unspecified atom stereocenters. The molecule has 0 atom stereocenters. The fourth-order valence-electron chi connectivity index (χ4n) is 2.58. The second-order valence-electron chi connectivity index (χ2n) is 5.53. The fraction of sp³-hybridized carbons (Fsp3) is 0. The average Bonchev–Trinajstić information content (AvgIpc) is 3.13. The van der Waals surface area contributed by atoms with E-state index in [4.69, 9.17) is 5.10 Å². The minimum absolute atomic E-state index is 0.675. The van der Waals surface area contributed by atoms with Crippen LogP contribution in [-0.2, 0) is 0 Å². The third-order valence-corrected chi connectivity index (χ3v) is 3.80. The molecule has 0 aliphatic heterocycles. The Hall–Kier alpha value is -3.53. The van der Waals surface area contributed by atoms with Gasteiger partial charge in [0.15, 0.2) is 5.82 Å². The smallest absolute Gasteiger partial charge is 0.151 e. The van der Waals surface area contributed by atoms with Gasteiger partial charge < -0.3 is 0 Å². The van der Waals surface area contributed by atoms with Crippen LogP contribution in [0.25, 0.3) is 16.9 Å². The van der Waals surface area contributed by atoms with E-state index in [2.05, 4.69) is 22.1 Å². The minimum Gasteiger partial charge on any atom is -0.240 e. The van der Waals surface area contributed by atoms with Gasteiger partial charge in [0.2, 0.25) is 0 Å². The number of rotatable bonds is 4. The van der Waals surface area contributed by atoms with Crippen LogP contribution in [0.1, 0.15) is 5.56 Å². The van der Waals surface area contributed by atoms with Crippen molar-refractivity contribution in [2.75, 3.05) is 0 Å². The van der Waals surface area contributed by atoms with Gasteiger partial charge in [-0.2, -0.15) is 5.10 Å². The molecule has 2 heterocycles. The van der Waals surface area contributed by atoms with Gasteiger partial charge in [0.1, 0.15) is 5.69 Å². The lowest BCUT2D eigenvalue weighted by molar-refractivity contribution is 0.884. The highest BCUT2D eigenvalue weighted by Gasteiger charge is 2.10. The monoisotopic (exact) mass is 324 g/mol. The molecule has 4 nitrogen and oxygen atoms in total. The summed E-state index contributed by atoms with van der Waals surface area (Å²) < 4.78 is 1.88. The molecule has 0 aliphatic carbocycles. The standard InChI is InChI=1S/C21H16N4/c1-3-9-17(10-4-1)21-18(15-23-20-13-7-8-14-22-20)16-25(24-21)19-11-5-2-6-12-19/h1-16H. The molecule has 0 N–H and O–H groups in total. The molecule has 2 aromatic heterocycles. The summed E-state index contributed by atoms with van der Waals surface area (Å²) in [6.07, 6.45) is 5.54. The summed E-state index contributed by atoms with van der Waals surface area (Å²) in [5, 5.41) is 4.77. The van der Waals surface area contributed by atoms with Gasteiger partial charge in [0.25, 0.3) is 0 Å². The number of hydrogen-bond donors (Lipinski definition) is 0. The summed E-state index contributed by atoms with van der Waals surface area (Å²) in [5.41, 5.74) is 3.90. The fourth-order valence-corrected chi connectivity index (χ4v) is 2.58. The molecule has 0 fully saturated rings. The first-order valence-electron chi connectivity index (χ1n) is 8.06. The first kappa shape index (κ1) is 15.0. The zero-order chi connectivity index (χ0) is 16.9. The highest BCUT2D eigenvalue weighted by molar-refractivity contribution is 5.89. The molecular weight excluding hydrogens is 308 g/mol.